The first-order valence-electron chi connectivity index (χ1n) is 7.34. The summed E-state index contributed by atoms with van der Waals surface area (Å²) in [6.45, 7) is 6.78. The lowest BCUT2D eigenvalue weighted by Gasteiger charge is -2.15. The van der Waals surface area contributed by atoms with Gasteiger partial charge in [0, 0.05) is 25.4 Å². The molecule has 0 aromatic rings. The summed E-state index contributed by atoms with van der Waals surface area (Å²) in [6, 6.07) is -0.660. The quantitative estimate of drug-likeness (QED) is 0.324. The number of nitrogens with one attached hydrogen (secondary N) is 1. The first-order chi connectivity index (χ1) is 11.2. The van der Waals surface area contributed by atoms with Crippen LogP contribution in [-0.2, 0) is 28.7 Å². The fourth-order valence-electron chi connectivity index (χ4n) is 1.19. The predicted molar refractivity (Wildman–Crippen MR) is 95.3 cm³/mol. The molecule has 10 heteroatoms. The lowest BCUT2D eigenvalue weighted by Crippen LogP contribution is -2.42. The zero-order chi connectivity index (χ0) is 19.0. The van der Waals surface area contributed by atoms with Gasteiger partial charge in [0.2, 0.25) is 11.8 Å². The van der Waals surface area contributed by atoms with Crippen LogP contribution in [0.1, 0.15) is 34.1 Å². The molecular formula is C14H26N2O6S2. The first kappa shape index (κ1) is 24.8. The minimum absolute atomic E-state index is 0.232. The van der Waals surface area contributed by atoms with E-state index >= 15 is 0 Å². The molecule has 140 valence electrons. The third kappa shape index (κ3) is 18.6. The molecule has 0 bridgehead atoms. The number of nitrogens with two attached hydrogens (primary N) is 1. The van der Waals surface area contributed by atoms with Gasteiger partial charge < -0.3 is 20.5 Å². The molecule has 0 unspecified atom stereocenters. The molecule has 0 aliphatic rings. The van der Waals surface area contributed by atoms with E-state index < -0.39 is 12.0 Å². The van der Waals surface area contributed by atoms with Crippen molar-refractivity contribution in [2.24, 2.45) is 5.73 Å². The van der Waals surface area contributed by atoms with Gasteiger partial charge in [-0.15, -0.1) is 0 Å². The van der Waals surface area contributed by atoms with Gasteiger partial charge in [-0.3, -0.25) is 14.4 Å². The van der Waals surface area contributed by atoms with E-state index in [2.05, 4.69) is 11.1 Å². The molecule has 0 saturated heterocycles. The molecule has 2 amide bonds. The van der Waals surface area contributed by atoms with Crippen molar-refractivity contribution < 1.29 is 28.7 Å². The summed E-state index contributed by atoms with van der Waals surface area (Å²) in [5.41, 5.74) is 4.47. The molecule has 8 nitrogen and oxygen atoms in total. The predicted octanol–water partition coefficient (Wildman–Crippen LogP) is 0.880. The number of ether oxygens (including phenoxy) is 2. The minimum Gasteiger partial charge on any atom is -0.466 e. The van der Waals surface area contributed by atoms with Gasteiger partial charge >= 0.3 is 11.9 Å². The van der Waals surface area contributed by atoms with Crippen molar-refractivity contribution >= 4 is 45.3 Å². The monoisotopic (exact) mass is 382 g/mol. The van der Waals surface area contributed by atoms with Gasteiger partial charge in [-0.1, -0.05) is 21.6 Å². The van der Waals surface area contributed by atoms with Crippen molar-refractivity contribution in [3.05, 3.63) is 0 Å². The van der Waals surface area contributed by atoms with Gasteiger partial charge in [0.1, 0.15) is 6.04 Å². The van der Waals surface area contributed by atoms with E-state index in [-0.39, 0.29) is 24.4 Å². The largest absolute Gasteiger partial charge is 0.466 e. The molecule has 0 fully saturated rings. The minimum atomic E-state index is -0.660. The average Bonchev–Trinajstić information content (AvgIpc) is 2.45. The molecule has 0 aromatic heterocycles. The Morgan fingerprint density at radius 3 is 2.04 bits per heavy atom. The topological polar surface area (TPSA) is 125 Å². The van der Waals surface area contributed by atoms with Crippen molar-refractivity contribution in [3.63, 3.8) is 0 Å². The molecule has 0 saturated carbocycles. The molecule has 0 rings (SSSR count). The van der Waals surface area contributed by atoms with Gasteiger partial charge in [-0.05, 0) is 13.8 Å². The van der Waals surface area contributed by atoms with E-state index in [0.717, 1.165) is 0 Å². The number of primary amides is 1. The number of esters is 2. The summed E-state index contributed by atoms with van der Waals surface area (Å²) in [5.74, 6) is -0.295. The third-order valence-corrected chi connectivity index (χ3v) is 4.38. The van der Waals surface area contributed by atoms with Crippen LogP contribution in [0.3, 0.4) is 0 Å². The van der Waals surface area contributed by atoms with Crippen LogP contribution in [0.15, 0.2) is 0 Å². The molecule has 1 atom stereocenters. The zero-order valence-corrected chi connectivity index (χ0v) is 16.1. The van der Waals surface area contributed by atoms with E-state index in [9.17, 15) is 19.2 Å². The highest BCUT2D eigenvalue weighted by atomic mass is 33.1. The van der Waals surface area contributed by atoms with Gasteiger partial charge in [0.15, 0.2) is 0 Å². The van der Waals surface area contributed by atoms with Crippen molar-refractivity contribution in [2.45, 2.75) is 40.2 Å². The summed E-state index contributed by atoms with van der Waals surface area (Å²) in [4.78, 5) is 42.9. The number of carbonyl (C=O) groups is 4. The Hall–Kier alpha value is -1.42. The molecule has 3 N–H and O–H groups in total. The van der Waals surface area contributed by atoms with Crippen molar-refractivity contribution in [1.29, 1.82) is 0 Å². The molecule has 0 aliphatic carbocycles. The highest BCUT2D eigenvalue weighted by Gasteiger charge is 2.20. The second-order valence-corrected chi connectivity index (χ2v) is 6.90. The number of hydrogen-bond acceptors (Lipinski definition) is 8. The summed E-state index contributed by atoms with van der Waals surface area (Å²) in [6.07, 6.45) is 0.329. The maximum Gasteiger partial charge on any atom is 0.329 e. The van der Waals surface area contributed by atoms with Crippen molar-refractivity contribution in [2.75, 3.05) is 24.7 Å². The standard InChI is InChI=1S/C12H21NO5S2.C2H5NO/c1-4-17-11(15)6-7-19-20-8-10(13-9(3)14)12(16)18-5-2;1-2(3)4/h10H,4-8H2,1-3H3,(H,13,14);1H3,(H2,3,4)/t10-;/m0./s1. The fraction of sp³-hybridized carbons (Fsp3) is 0.714. The van der Waals surface area contributed by atoms with Crippen LogP contribution in [0.2, 0.25) is 0 Å². The van der Waals surface area contributed by atoms with E-state index in [4.69, 9.17) is 9.47 Å². The molecule has 0 radical (unpaired) electrons. The Morgan fingerprint density at radius 1 is 1.04 bits per heavy atom. The second-order valence-electron chi connectivity index (χ2n) is 4.28. The Labute approximate surface area is 150 Å². The average molecular weight is 383 g/mol. The third-order valence-electron chi connectivity index (χ3n) is 1.96. The summed E-state index contributed by atoms with van der Waals surface area (Å²) < 4.78 is 9.68. The van der Waals surface area contributed by atoms with Crippen LogP contribution < -0.4 is 11.1 Å². The molecule has 0 heterocycles. The highest BCUT2D eigenvalue weighted by molar-refractivity contribution is 8.76. The van der Waals surface area contributed by atoms with Crippen LogP contribution in [0.5, 0.6) is 0 Å². The van der Waals surface area contributed by atoms with Crippen LogP contribution in [0.25, 0.3) is 0 Å². The van der Waals surface area contributed by atoms with Gasteiger partial charge in [-0.2, -0.15) is 0 Å². The van der Waals surface area contributed by atoms with Crippen LogP contribution in [0, 0.1) is 0 Å². The highest BCUT2D eigenvalue weighted by Crippen LogP contribution is 2.23. The molecule has 0 aromatic carbocycles. The Bertz CT molecular complexity index is 403. The van der Waals surface area contributed by atoms with Crippen LogP contribution >= 0.6 is 21.6 Å². The lowest BCUT2D eigenvalue weighted by molar-refractivity contribution is -0.146. The normalized spacial score (nSPS) is 10.7. The van der Waals surface area contributed by atoms with E-state index in [0.29, 0.717) is 24.5 Å². The number of hydrogen-bond donors (Lipinski definition) is 2. The van der Waals surface area contributed by atoms with E-state index in [1.54, 1.807) is 13.8 Å². The van der Waals surface area contributed by atoms with Gasteiger partial charge in [0.25, 0.3) is 0 Å². The number of carbonyl (C=O) groups excluding carboxylic acids is 4. The Kier molecular flexibility index (Phi) is 17.0. The number of rotatable bonds is 10. The first-order valence-corrected chi connectivity index (χ1v) is 9.83. The van der Waals surface area contributed by atoms with E-state index in [1.807, 2.05) is 0 Å². The lowest BCUT2D eigenvalue weighted by atomic mass is 10.3. The fourth-order valence-corrected chi connectivity index (χ4v) is 3.31. The second kappa shape index (κ2) is 16.4. The molecule has 0 aliphatic heterocycles. The number of amides is 2. The summed E-state index contributed by atoms with van der Waals surface area (Å²) >= 11 is 0. The van der Waals surface area contributed by atoms with Gasteiger partial charge in [-0.25, -0.2) is 4.79 Å². The SMILES string of the molecule is CC(N)=O.CCOC(=O)CCSSC[C@H](NC(C)=O)C(=O)OCC. The smallest absolute Gasteiger partial charge is 0.329 e. The molecule has 0 spiro atoms. The van der Waals surface area contributed by atoms with E-state index in [1.165, 1.54) is 35.4 Å². The van der Waals surface area contributed by atoms with Crippen molar-refractivity contribution in [1.82, 2.24) is 5.32 Å². The summed E-state index contributed by atoms with van der Waals surface area (Å²) in [5, 5.41) is 2.55. The zero-order valence-electron chi connectivity index (χ0n) is 14.5. The van der Waals surface area contributed by atoms with Crippen molar-refractivity contribution in [3.8, 4) is 0 Å². The maximum atomic E-state index is 11.6. The Morgan fingerprint density at radius 2 is 1.58 bits per heavy atom. The molecular weight excluding hydrogens is 356 g/mol. The van der Waals surface area contributed by atoms with Gasteiger partial charge in [0.05, 0.1) is 19.6 Å². The summed E-state index contributed by atoms with van der Waals surface area (Å²) in [7, 11) is 2.87. The van der Waals surface area contributed by atoms with Crippen LogP contribution in [0.4, 0.5) is 0 Å². The Balaban J connectivity index is 0. The molecule has 24 heavy (non-hydrogen) atoms. The van der Waals surface area contributed by atoms with Crippen LogP contribution in [-0.4, -0.2) is 54.5 Å². The maximum absolute atomic E-state index is 11.6.